The highest BCUT2D eigenvalue weighted by Gasteiger charge is 2.03. The monoisotopic (exact) mass is 342 g/mol. The Labute approximate surface area is 152 Å². The van der Waals surface area contributed by atoms with Gasteiger partial charge in [-0.05, 0) is 63.3 Å². The fraction of sp³-hybridized carbons (Fsp3) is 0.318. The van der Waals surface area contributed by atoms with E-state index in [2.05, 4.69) is 25.8 Å². The molecule has 0 atom stereocenters. The van der Waals surface area contributed by atoms with E-state index in [0.717, 1.165) is 30.4 Å². The van der Waals surface area contributed by atoms with Crippen molar-refractivity contribution < 1.29 is 14.6 Å². The predicted octanol–water partition coefficient (Wildman–Crippen LogP) is 5.91. The molecule has 0 aliphatic heterocycles. The average molecular weight is 342 g/mol. The van der Waals surface area contributed by atoms with Crippen LogP contribution in [0.1, 0.15) is 40.0 Å². The van der Waals surface area contributed by atoms with Crippen LogP contribution < -0.4 is 0 Å². The Hall–Kier alpha value is -2.55. The minimum atomic E-state index is -0.346. The molecule has 0 aromatic heterocycles. The van der Waals surface area contributed by atoms with Gasteiger partial charge in [0.05, 0.1) is 6.61 Å². The number of rotatable bonds is 11. The zero-order valence-corrected chi connectivity index (χ0v) is 15.7. The van der Waals surface area contributed by atoms with Crippen LogP contribution in [0.15, 0.2) is 84.2 Å². The van der Waals surface area contributed by atoms with Gasteiger partial charge in [-0.1, -0.05) is 43.0 Å². The van der Waals surface area contributed by atoms with E-state index < -0.39 is 0 Å². The maximum atomic E-state index is 11.3. The minimum absolute atomic E-state index is 0.138. The van der Waals surface area contributed by atoms with Crippen molar-refractivity contribution in [3.63, 3.8) is 0 Å². The van der Waals surface area contributed by atoms with Crippen molar-refractivity contribution in [3.8, 4) is 0 Å². The standard InChI is InChI=1S/C22H30O3/c1-7-10-20(11-9-16-25-22(24)17(3)4)14-12-18(5)19(6)13-15-21(23)8-2/h7-8,12-15,23H,1-3,9-11,16H2,4-6H3/b18-12+,19-13+,20-14+,21-15+. The summed E-state index contributed by atoms with van der Waals surface area (Å²) in [5.41, 5.74) is 3.79. The van der Waals surface area contributed by atoms with E-state index in [9.17, 15) is 9.90 Å². The van der Waals surface area contributed by atoms with E-state index in [1.165, 1.54) is 11.6 Å². The minimum Gasteiger partial charge on any atom is -0.508 e. The Morgan fingerprint density at radius 1 is 1.04 bits per heavy atom. The quantitative estimate of drug-likeness (QED) is 0.127. The largest absolute Gasteiger partial charge is 0.508 e. The van der Waals surface area contributed by atoms with Crippen molar-refractivity contribution in [3.05, 3.63) is 84.2 Å². The van der Waals surface area contributed by atoms with Crippen LogP contribution in [0.25, 0.3) is 0 Å². The number of ether oxygens (including phenoxy) is 1. The second-order valence-corrected chi connectivity index (χ2v) is 5.83. The first-order valence-electron chi connectivity index (χ1n) is 8.32. The zero-order valence-electron chi connectivity index (χ0n) is 15.7. The molecule has 0 aliphatic rings. The molecule has 1 N–H and O–H groups in total. The number of hydrogen-bond donors (Lipinski definition) is 1. The molecule has 0 bridgehead atoms. The summed E-state index contributed by atoms with van der Waals surface area (Å²) >= 11 is 0. The number of aliphatic hydroxyl groups excluding tert-OH is 1. The summed E-state index contributed by atoms with van der Waals surface area (Å²) < 4.78 is 5.11. The van der Waals surface area contributed by atoms with Crippen LogP contribution in [-0.2, 0) is 9.53 Å². The summed E-state index contributed by atoms with van der Waals surface area (Å²) in [5, 5.41) is 9.39. The molecule has 0 amide bonds. The lowest BCUT2D eigenvalue weighted by atomic mass is 10.0. The first-order valence-corrected chi connectivity index (χ1v) is 8.32. The summed E-state index contributed by atoms with van der Waals surface area (Å²) in [6.45, 7) is 16.9. The van der Waals surface area contributed by atoms with Crippen molar-refractivity contribution in [1.82, 2.24) is 0 Å². The van der Waals surface area contributed by atoms with Gasteiger partial charge >= 0.3 is 5.97 Å². The number of allylic oxidation sites excluding steroid dienone is 9. The molecule has 3 nitrogen and oxygen atoms in total. The van der Waals surface area contributed by atoms with Gasteiger partial charge in [0.25, 0.3) is 0 Å². The molecule has 0 saturated heterocycles. The highest BCUT2D eigenvalue weighted by molar-refractivity contribution is 5.86. The molecule has 25 heavy (non-hydrogen) atoms. The Bertz CT molecular complexity index is 613. The summed E-state index contributed by atoms with van der Waals surface area (Å²) in [6.07, 6.45) is 13.2. The van der Waals surface area contributed by atoms with Gasteiger partial charge in [-0.15, -0.1) is 6.58 Å². The van der Waals surface area contributed by atoms with Crippen LogP contribution in [0.5, 0.6) is 0 Å². The van der Waals surface area contributed by atoms with Crippen LogP contribution >= 0.6 is 0 Å². The van der Waals surface area contributed by atoms with E-state index in [0.29, 0.717) is 12.2 Å². The van der Waals surface area contributed by atoms with Gasteiger partial charge in [0, 0.05) is 5.57 Å². The van der Waals surface area contributed by atoms with E-state index in [1.54, 1.807) is 13.0 Å². The van der Waals surface area contributed by atoms with Gasteiger partial charge in [0.2, 0.25) is 0 Å². The van der Waals surface area contributed by atoms with Crippen LogP contribution in [-0.4, -0.2) is 17.7 Å². The Kier molecular flexibility index (Phi) is 11.5. The summed E-state index contributed by atoms with van der Waals surface area (Å²) in [5.74, 6) is -0.207. The van der Waals surface area contributed by atoms with Gasteiger partial charge in [0.15, 0.2) is 0 Å². The summed E-state index contributed by atoms with van der Waals surface area (Å²) in [4.78, 5) is 11.3. The van der Waals surface area contributed by atoms with Gasteiger partial charge in [-0.25, -0.2) is 4.79 Å². The fourth-order valence-electron chi connectivity index (χ4n) is 1.81. The Morgan fingerprint density at radius 2 is 1.64 bits per heavy atom. The molecule has 136 valence electrons. The third kappa shape index (κ3) is 10.8. The van der Waals surface area contributed by atoms with Crippen molar-refractivity contribution in [2.75, 3.05) is 6.61 Å². The van der Waals surface area contributed by atoms with Gasteiger partial charge in [-0.2, -0.15) is 0 Å². The van der Waals surface area contributed by atoms with Crippen molar-refractivity contribution >= 4 is 5.97 Å². The molecule has 0 fully saturated rings. The van der Waals surface area contributed by atoms with Crippen LogP contribution in [0, 0.1) is 0 Å². The normalized spacial score (nSPS) is 13.4. The second-order valence-electron chi connectivity index (χ2n) is 5.83. The number of esters is 1. The number of aliphatic hydroxyl groups is 1. The SMILES string of the molecule is C=CC\C(=C/C=C(C)/C(C)=C/C=C(/O)C=C)CCCOC(=O)C(=C)C. The highest BCUT2D eigenvalue weighted by atomic mass is 16.5. The van der Waals surface area contributed by atoms with E-state index in [4.69, 9.17) is 4.74 Å². The Balaban J connectivity index is 4.79. The predicted molar refractivity (Wildman–Crippen MR) is 106 cm³/mol. The number of hydrogen-bond acceptors (Lipinski definition) is 3. The smallest absolute Gasteiger partial charge is 0.333 e. The topological polar surface area (TPSA) is 46.5 Å². The van der Waals surface area contributed by atoms with Crippen molar-refractivity contribution in [1.29, 1.82) is 0 Å². The van der Waals surface area contributed by atoms with Crippen LogP contribution in [0.2, 0.25) is 0 Å². The molecular weight excluding hydrogens is 312 g/mol. The molecule has 0 aromatic carbocycles. The Morgan fingerprint density at radius 3 is 2.16 bits per heavy atom. The van der Waals surface area contributed by atoms with Gasteiger partial charge in [-0.3, -0.25) is 0 Å². The van der Waals surface area contributed by atoms with E-state index in [1.807, 2.05) is 32.1 Å². The van der Waals surface area contributed by atoms with Crippen molar-refractivity contribution in [2.24, 2.45) is 0 Å². The third-order valence-corrected chi connectivity index (χ3v) is 3.53. The van der Waals surface area contributed by atoms with Crippen LogP contribution in [0.3, 0.4) is 0 Å². The maximum absolute atomic E-state index is 11.3. The first-order chi connectivity index (χ1) is 11.8. The lowest BCUT2D eigenvalue weighted by Crippen LogP contribution is -2.06. The third-order valence-electron chi connectivity index (χ3n) is 3.53. The molecule has 0 aromatic rings. The first kappa shape index (κ1) is 22.4. The summed E-state index contributed by atoms with van der Waals surface area (Å²) in [6, 6.07) is 0. The van der Waals surface area contributed by atoms with E-state index >= 15 is 0 Å². The van der Waals surface area contributed by atoms with E-state index in [-0.39, 0.29) is 11.7 Å². The number of carbonyl (C=O) groups excluding carboxylic acids is 1. The van der Waals surface area contributed by atoms with Crippen molar-refractivity contribution in [2.45, 2.75) is 40.0 Å². The molecule has 0 rings (SSSR count). The highest BCUT2D eigenvalue weighted by Crippen LogP contribution is 2.15. The molecule has 0 aliphatic carbocycles. The molecular formula is C22H30O3. The molecule has 0 saturated carbocycles. The molecule has 0 unspecified atom stereocenters. The van der Waals surface area contributed by atoms with Gasteiger partial charge < -0.3 is 9.84 Å². The second kappa shape index (κ2) is 12.8. The lowest BCUT2D eigenvalue weighted by molar-refractivity contribution is -0.139. The van der Waals surface area contributed by atoms with Crippen LogP contribution in [0.4, 0.5) is 0 Å². The summed E-state index contributed by atoms with van der Waals surface area (Å²) in [7, 11) is 0. The molecule has 0 heterocycles. The number of carbonyl (C=O) groups is 1. The zero-order chi connectivity index (χ0) is 19.2. The maximum Gasteiger partial charge on any atom is 0.333 e. The lowest BCUT2D eigenvalue weighted by Gasteiger charge is -2.06. The van der Waals surface area contributed by atoms with Gasteiger partial charge in [0.1, 0.15) is 5.76 Å². The molecule has 0 radical (unpaired) electrons. The fourth-order valence-corrected chi connectivity index (χ4v) is 1.81. The average Bonchev–Trinajstić information content (AvgIpc) is 2.59. The molecule has 3 heteroatoms. The molecule has 0 spiro atoms.